The first kappa shape index (κ1) is 12.3. The summed E-state index contributed by atoms with van der Waals surface area (Å²) >= 11 is 0. The van der Waals surface area contributed by atoms with Gasteiger partial charge in [0.2, 0.25) is 0 Å². The van der Waals surface area contributed by atoms with Gasteiger partial charge in [0.1, 0.15) is 17.3 Å². The minimum atomic E-state index is 0.428. The van der Waals surface area contributed by atoms with Crippen molar-refractivity contribution in [3.05, 3.63) is 42.2 Å². The van der Waals surface area contributed by atoms with Gasteiger partial charge in [-0.1, -0.05) is 30.3 Å². The monoisotopic (exact) mass is 268 g/mol. The molecule has 0 bridgehead atoms. The fourth-order valence-electron chi connectivity index (χ4n) is 2.41. The van der Waals surface area contributed by atoms with Crippen LogP contribution in [0.5, 0.6) is 5.75 Å². The molecule has 0 amide bonds. The van der Waals surface area contributed by atoms with Crippen LogP contribution in [0.1, 0.15) is 5.82 Å². The minimum Gasteiger partial charge on any atom is -0.496 e. The maximum Gasteiger partial charge on any atom is 0.150 e. The Kier molecular flexibility index (Phi) is 2.75. The van der Waals surface area contributed by atoms with Crippen LogP contribution in [0.3, 0.4) is 0 Å². The quantitative estimate of drug-likeness (QED) is 0.699. The summed E-state index contributed by atoms with van der Waals surface area (Å²) in [6.07, 6.45) is 0. The van der Waals surface area contributed by atoms with E-state index in [1.165, 1.54) is 4.68 Å². The topological polar surface area (TPSA) is 79.1 Å². The zero-order chi connectivity index (χ0) is 14.3. The summed E-state index contributed by atoms with van der Waals surface area (Å²) in [4.78, 5) is 4.47. The van der Waals surface area contributed by atoms with Crippen molar-refractivity contribution in [2.45, 2.75) is 6.92 Å². The van der Waals surface area contributed by atoms with E-state index in [1.54, 1.807) is 7.11 Å². The van der Waals surface area contributed by atoms with Crippen LogP contribution in [-0.2, 0) is 0 Å². The highest BCUT2D eigenvalue weighted by Crippen LogP contribution is 2.38. The molecule has 3 aromatic rings. The van der Waals surface area contributed by atoms with Gasteiger partial charge in [-0.3, -0.25) is 0 Å². The summed E-state index contributed by atoms with van der Waals surface area (Å²) in [5, 5.41) is 2.14. The molecule has 5 nitrogen and oxygen atoms in total. The number of anilines is 1. The van der Waals surface area contributed by atoms with E-state index in [-0.39, 0.29) is 0 Å². The van der Waals surface area contributed by atoms with Gasteiger partial charge in [0, 0.05) is 0 Å². The van der Waals surface area contributed by atoms with Gasteiger partial charge in [0.25, 0.3) is 0 Å². The number of hydrogen-bond donors (Lipinski definition) is 2. The molecule has 0 unspecified atom stereocenters. The summed E-state index contributed by atoms with van der Waals surface area (Å²) in [6.45, 7) is 1.82. The second-order valence-electron chi connectivity index (χ2n) is 4.63. The standard InChI is InChI=1S/C15H16N4O/c1-9-18-14(15(16)19(9)17)13-11-6-4-3-5-10(11)7-8-12(13)20-2/h3-8H,16-17H2,1-2H3. The van der Waals surface area contributed by atoms with E-state index in [0.717, 1.165) is 22.1 Å². The Labute approximate surface area is 116 Å². The molecule has 0 aliphatic rings. The van der Waals surface area contributed by atoms with Crippen molar-refractivity contribution in [1.29, 1.82) is 0 Å². The van der Waals surface area contributed by atoms with Crippen molar-refractivity contribution >= 4 is 16.6 Å². The van der Waals surface area contributed by atoms with Gasteiger partial charge in [0.05, 0.1) is 12.7 Å². The maximum absolute atomic E-state index is 6.07. The summed E-state index contributed by atoms with van der Waals surface area (Å²) in [7, 11) is 1.64. The number of aryl methyl sites for hydroxylation is 1. The second-order valence-corrected chi connectivity index (χ2v) is 4.63. The number of nitrogen functional groups attached to an aromatic ring is 2. The van der Waals surface area contributed by atoms with E-state index in [4.69, 9.17) is 16.3 Å². The van der Waals surface area contributed by atoms with E-state index in [2.05, 4.69) is 4.98 Å². The van der Waals surface area contributed by atoms with E-state index in [1.807, 2.05) is 43.3 Å². The summed E-state index contributed by atoms with van der Waals surface area (Å²) < 4.78 is 6.85. The highest BCUT2D eigenvalue weighted by molar-refractivity contribution is 6.00. The predicted octanol–water partition coefficient (Wildman–Crippen LogP) is 2.32. The molecular formula is C15H16N4O. The average Bonchev–Trinajstić information content (AvgIpc) is 2.73. The fourth-order valence-corrected chi connectivity index (χ4v) is 2.41. The first-order chi connectivity index (χ1) is 9.63. The average molecular weight is 268 g/mol. The molecule has 0 saturated carbocycles. The zero-order valence-corrected chi connectivity index (χ0v) is 11.4. The zero-order valence-electron chi connectivity index (χ0n) is 11.4. The molecule has 0 fully saturated rings. The SMILES string of the molecule is COc1ccc2ccccc2c1-c1nc(C)n(N)c1N. The normalized spacial score (nSPS) is 10.9. The van der Waals surface area contributed by atoms with E-state index in [9.17, 15) is 0 Å². The summed E-state index contributed by atoms with van der Waals surface area (Å²) in [6, 6.07) is 12.0. The van der Waals surface area contributed by atoms with Gasteiger partial charge in [-0.15, -0.1) is 0 Å². The number of ether oxygens (including phenoxy) is 1. The maximum atomic E-state index is 6.07. The molecule has 0 radical (unpaired) electrons. The number of imidazole rings is 1. The van der Waals surface area contributed by atoms with Crippen LogP contribution in [0.4, 0.5) is 5.82 Å². The first-order valence-corrected chi connectivity index (χ1v) is 6.29. The van der Waals surface area contributed by atoms with Crippen LogP contribution >= 0.6 is 0 Å². The van der Waals surface area contributed by atoms with E-state index < -0.39 is 0 Å². The minimum absolute atomic E-state index is 0.428. The van der Waals surface area contributed by atoms with Crippen LogP contribution in [0.15, 0.2) is 36.4 Å². The second kappa shape index (κ2) is 4.45. The number of aromatic nitrogens is 2. The molecule has 0 aliphatic heterocycles. The Morgan fingerprint density at radius 1 is 1.15 bits per heavy atom. The molecule has 3 rings (SSSR count). The largest absolute Gasteiger partial charge is 0.496 e. The van der Waals surface area contributed by atoms with Crippen LogP contribution in [0, 0.1) is 6.92 Å². The molecule has 20 heavy (non-hydrogen) atoms. The van der Waals surface area contributed by atoms with Crippen LogP contribution < -0.4 is 16.3 Å². The third kappa shape index (κ3) is 1.67. The van der Waals surface area contributed by atoms with Crippen molar-refractivity contribution in [3.8, 4) is 17.0 Å². The van der Waals surface area contributed by atoms with Crippen LogP contribution in [0.25, 0.3) is 22.0 Å². The molecule has 0 aliphatic carbocycles. The lowest BCUT2D eigenvalue weighted by molar-refractivity contribution is 0.417. The van der Waals surface area contributed by atoms with Gasteiger partial charge in [-0.05, 0) is 23.8 Å². The van der Waals surface area contributed by atoms with Gasteiger partial charge in [-0.2, -0.15) is 0 Å². The lowest BCUT2D eigenvalue weighted by atomic mass is 10.0. The van der Waals surface area contributed by atoms with Gasteiger partial charge in [-0.25, -0.2) is 9.66 Å². The molecule has 0 spiro atoms. The molecule has 2 aromatic carbocycles. The number of nitrogens with two attached hydrogens (primary N) is 2. The number of hydrogen-bond acceptors (Lipinski definition) is 4. The number of benzene rings is 2. The molecular weight excluding hydrogens is 252 g/mol. The van der Waals surface area contributed by atoms with Gasteiger partial charge in [0.15, 0.2) is 5.82 Å². The Hall–Kier alpha value is -2.69. The third-order valence-electron chi connectivity index (χ3n) is 3.47. The smallest absolute Gasteiger partial charge is 0.150 e. The molecule has 5 heteroatoms. The molecule has 1 aromatic heterocycles. The highest BCUT2D eigenvalue weighted by atomic mass is 16.5. The van der Waals surface area contributed by atoms with Crippen LogP contribution in [-0.4, -0.2) is 16.8 Å². The number of nitrogens with zero attached hydrogens (tertiary/aromatic N) is 2. The van der Waals surface area contributed by atoms with Gasteiger partial charge < -0.3 is 16.3 Å². The summed E-state index contributed by atoms with van der Waals surface area (Å²) in [5.41, 5.74) is 7.59. The molecule has 4 N–H and O–H groups in total. The molecule has 0 saturated heterocycles. The Morgan fingerprint density at radius 3 is 2.55 bits per heavy atom. The van der Waals surface area contributed by atoms with Gasteiger partial charge >= 0.3 is 0 Å². The van der Waals surface area contributed by atoms with Crippen molar-refractivity contribution in [1.82, 2.24) is 9.66 Å². The van der Waals surface area contributed by atoms with Crippen molar-refractivity contribution in [3.63, 3.8) is 0 Å². The Bertz CT molecular complexity index is 792. The number of methoxy groups -OCH3 is 1. The Morgan fingerprint density at radius 2 is 1.90 bits per heavy atom. The third-order valence-corrected chi connectivity index (χ3v) is 3.47. The number of rotatable bonds is 2. The lowest BCUT2D eigenvalue weighted by Crippen LogP contribution is -2.13. The van der Waals surface area contributed by atoms with Crippen molar-refractivity contribution < 1.29 is 4.74 Å². The van der Waals surface area contributed by atoms with Crippen molar-refractivity contribution in [2.24, 2.45) is 0 Å². The number of fused-ring (bicyclic) bond motifs is 1. The lowest BCUT2D eigenvalue weighted by Gasteiger charge is -2.11. The highest BCUT2D eigenvalue weighted by Gasteiger charge is 2.18. The molecule has 0 atom stereocenters. The van der Waals surface area contributed by atoms with E-state index >= 15 is 0 Å². The predicted molar refractivity (Wildman–Crippen MR) is 81.0 cm³/mol. The first-order valence-electron chi connectivity index (χ1n) is 6.29. The van der Waals surface area contributed by atoms with Crippen LogP contribution in [0.2, 0.25) is 0 Å². The molecule has 1 heterocycles. The fraction of sp³-hybridized carbons (Fsp3) is 0.133. The van der Waals surface area contributed by atoms with Crippen molar-refractivity contribution in [2.75, 3.05) is 18.7 Å². The van der Waals surface area contributed by atoms with E-state index in [0.29, 0.717) is 17.3 Å². The summed E-state index contributed by atoms with van der Waals surface area (Å²) in [5.74, 6) is 7.68. The molecule has 102 valence electrons. The Balaban J connectivity index is 2.41.